The quantitative estimate of drug-likeness (QED) is 0.775. The summed E-state index contributed by atoms with van der Waals surface area (Å²) in [6.07, 6.45) is 6.97. The third kappa shape index (κ3) is 4.53. The van der Waals surface area contributed by atoms with Crippen molar-refractivity contribution in [3.8, 4) is 0 Å². The van der Waals surface area contributed by atoms with Crippen LogP contribution in [0.5, 0.6) is 0 Å². The summed E-state index contributed by atoms with van der Waals surface area (Å²) < 4.78 is 0. The van der Waals surface area contributed by atoms with Crippen LogP contribution in [0.15, 0.2) is 24.5 Å². The molecule has 0 aromatic carbocycles. The van der Waals surface area contributed by atoms with E-state index in [-0.39, 0.29) is 6.54 Å². The molecule has 0 bridgehead atoms. The first kappa shape index (κ1) is 12.0. The maximum Gasteiger partial charge on any atom is 0.317 e. The number of rotatable bonds is 7. The standard InChI is InChI=1S/C13H18N2O2/c16-13(17)10-15(9-12-3-4-12)7-5-11-2-1-6-14-8-11/h1-2,6,8,12H,3-5,7,9-10H2,(H,16,17). The van der Waals surface area contributed by atoms with E-state index in [4.69, 9.17) is 5.11 Å². The zero-order valence-electron chi connectivity index (χ0n) is 9.88. The Hall–Kier alpha value is -1.42. The molecule has 92 valence electrons. The maximum absolute atomic E-state index is 10.8. The van der Waals surface area contributed by atoms with Crippen LogP contribution in [0.25, 0.3) is 0 Å². The van der Waals surface area contributed by atoms with Gasteiger partial charge in [0.15, 0.2) is 0 Å². The highest BCUT2D eigenvalue weighted by Crippen LogP contribution is 2.29. The molecule has 0 atom stereocenters. The summed E-state index contributed by atoms with van der Waals surface area (Å²) in [7, 11) is 0. The zero-order chi connectivity index (χ0) is 12.1. The first-order chi connectivity index (χ1) is 8.24. The van der Waals surface area contributed by atoms with Crippen molar-refractivity contribution in [1.29, 1.82) is 0 Å². The van der Waals surface area contributed by atoms with Crippen LogP contribution in [-0.4, -0.2) is 40.6 Å². The molecule has 4 nitrogen and oxygen atoms in total. The molecule has 1 aliphatic carbocycles. The van der Waals surface area contributed by atoms with Crippen LogP contribution in [0.2, 0.25) is 0 Å². The van der Waals surface area contributed by atoms with Gasteiger partial charge in [0.05, 0.1) is 6.54 Å². The average molecular weight is 234 g/mol. The van der Waals surface area contributed by atoms with Crippen LogP contribution >= 0.6 is 0 Å². The highest BCUT2D eigenvalue weighted by molar-refractivity contribution is 5.69. The van der Waals surface area contributed by atoms with Crippen molar-refractivity contribution in [2.24, 2.45) is 5.92 Å². The van der Waals surface area contributed by atoms with Gasteiger partial charge in [0.25, 0.3) is 0 Å². The second-order valence-electron chi connectivity index (χ2n) is 4.68. The normalized spacial score (nSPS) is 15.1. The molecule has 1 heterocycles. The Kier molecular flexibility index (Phi) is 4.09. The predicted octanol–water partition coefficient (Wildman–Crippen LogP) is 1.42. The Morgan fingerprint density at radius 2 is 2.35 bits per heavy atom. The molecule has 2 rings (SSSR count). The van der Waals surface area contributed by atoms with Gasteiger partial charge in [-0.05, 0) is 36.8 Å². The fraction of sp³-hybridized carbons (Fsp3) is 0.538. The van der Waals surface area contributed by atoms with Gasteiger partial charge in [-0.3, -0.25) is 14.7 Å². The van der Waals surface area contributed by atoms with Gasteiger partial charge in [0, 0.05) is 25.5 Å². The van der Waals surface area contributed by atoms with Gasteiger partial charge in [-0.1, -0.05) is 6.07 Å². The molecule has 1 saturated carbocycles. The molecule has 0 aliphatic heterocycles. The molecule has 1 N–H and O–H groups in total. The lowest BCUT2D eigenvalue weighted by atomic mass is 10.2. The Labute approximate surface area is 101 Å². The number of nitrogens with zero attached hydrogens (tertiary/aromatic N) is 2. The third-order valence-corrected chi connectivity index (χ3v) is 3.01. The molecule has 1 aromatic rings. The summed E-state index contributed by atoms with van der Waals surface area (Å²) in [4.78, 5) is 16.9. The van der Waals surface area contributed by atoms with E-state index in [1.807, 2.05) is 23.2 Å². The number of pyridine rings is 1. The zero-order valence-corrected chi connectivity index (χ0v) is 9.88. The van der Waals surface area contributed by atoms with Crippen LogP contribution in [0.3, 0.4) is 0 Å². The van der Waals surface area contributed by atoms with Gasteiger partial charge in [-0.15, -0.1) is 0 Å². The second kappa shape index (κ2) is 5.77. The van der Waals surface area contributed by atoms with E-state index < -0.39 is 5.97 Å². The SMILES string of the molecule is O=C(O)CN(CCc1cccnc1)CC1CC1. The van der Waals surface area contributed by atoms with Crippen molar-refractivity contribution in [3.05, 3.63) is 30.1 Å². The lowest BCUT2D eigenvalue weighted by molar-refractivity contribution is -0.138. The minimum atomic E-state index is -0.739. The van der Waals surface area contributed by atoms with Gasteiger partial charge in [0.1, 0.15) is 0 Å². The molecule has 0 radical (unpaired) electrons. The highest BCUT2D eigenvalue weighted by Gasteiger charge is 2.24. The average Bonchev–Trinajstić information content (AvgIpc) is 3.10. The fourth-order valence-corrected chi connectivity index (χ4v) is 1.92. The number of carboxylic acid groups (broad SMARTS) is 1. The predicted molar refractivity (Wildman–Crippen MR) is 64.7 cm³/mol. The molecular weight excluding hydrogens is 216 g/mol. The van der Waals surface area contributed by atoms with E-state index in [1.165, 1.54) is 18.4 Å². The minimum absolute atomic E-state index is 0.150. The molecule has 1 aliphatic rings. The smallest absolute Gasteiger partial charge is 0.317 e. The number of hydrogen-bond acceptors (Lipinski definition) is 3. The van der Waals surface area contributed by atoms with Crippen LogP contribution in [0.4, 0.5) is 0 Å². The molecule has 0 saturated heterocycles. The summed E-state index contributed by atoms with van der Waals surface area (Å²) in [6, 6.07) is 3.95. The first-order valence-corrected chi connectivity index (χ1v) is 6.07. The van der Waals surface area contributed by atoms with E-state index in [0.717, 1.165) is 25.4 Å². The van der Waals surface area contributed by atoms with Crippen molar-refractivity contribution in [2.45, 2.75) is 19.3 Å². The molecule has 1 aromatic heterocycles. The van der Waals surface area contributed by atoms with Crippen molar-refractivity contribution >= 4 is 5.97 Å². The Bertz CT molecular complexity index is 363. The minimum Gasteiger partial charge on any atom is -0.480 e. The van der Waals surface area contributed by atoms with Gasteiger partial charge < -0.3 is 5.11 Å². The highest BCUT2D eigenvalue weighted by atomic mass is 16.4. The van der Waals surface area contributed by atoms with Crippen molar-refractivity contribution in [2.75, 3.05) is 19.6 Å². The van der Waals surface area contributed by atoms with Crippen LogP contribution < -0.4 is 0 Å². The summed E-state index contributed by atoms with van der Waals surface area (Å²) in [6.45, 7) is 1.87. The van der Waals surface area contributed by atoms with Crippen molar-refractivity contribution < 1.29 is 9.90 Å². The van der Waals surface area contributed by atoms with E-state index >= 15 is 0 Å². The summed E-state index contributed by atoms with van der Waals surface area (Å²) in [5, 5.41) is 8.86. The largest absolute Gasteiger partial charge is 0.480 e. The van der Waals surface area contributed by atoms with E-state index in [9.17, 15) is 4.79 Å². The molecule has 4 heteroatoms. The van der Waals surface area contributed by atoms with E-state index in [0.29, 0.717) is 0 Å². The number of hydrogen-bond donors (Lipinski definition) is 1. The van der Waals surface area contributed by atoms with Crippen molar-refractivity contribution in [1.82, 2.24) is 9.88 Å². The van der Waals surface area contributed by atoms with Crippen LogP contribution in [0, 0.1) is 5.92 Å². The van der Waals surface area contributed by atoms with Gasteiger partial charge in [0.2, 0.25) is 0 Å². The third-order valence-electron chi connectivity index (χ3n) is 3.01. The molecule has 0 spiro atoms. The van der Waals surface area contributed by atoms with Gasteiger partial charge in [-0.25, -0.2) is 0 Å². The molecule has 0 amide bonds. The maximum atomic E-state index is 10.8. The Morgan fingerprint density at radius 1 is 1.53 bits per heavy atom. The van der Waals surface area contributed by atoms with Gasteiger partial charge in [-0.2, -0.15) is 0 Å². The monoisotopic (exact) mass is 234 g/mol. The molecule has 0 unspecified atom stereocenters. The summed E-state index contributed by atoms with van der Waals surface area (Å²) in [5.41, 5.74) is 1.17. The van der Waals surface area contributed by atoms with Crippen LogP contribution in [-0.2, 0) is 11.2 Å². The summed E-state index contributed by atoms with van der Waals surface area (Å²) >= 11 is 0. The van der Waals surface area contributed by atoms with Crippen molar-refractivity contribution in [3.63, 3.8) is 0 Å². The van der Waals surface area contributed by atoms with Crippen LogP contribution in [0.1, 0.15) is 18.4 Å². The Balaban J connectivity index is 1.81. The molecular formula is C13H18N2O2. The number of aromatic nitrogens is 1. The topological polar surface area (TPSA) is 53.4 Å². The lowest BCUT2D eigenvalue weighted by Gasteiger charge is -2.19. The van der Waals surface area contributed by atoms with E-state index in [2.05, 4.69) is 4.98 Å². The van der Waals surface area contributed by atoms with Gasteiger partial charge >= 0.3 is 5.97 Å². The summed E-state index contributed by atoms with van der Waals surface area (Å²) in [5.74, 6) is -0.0138. The second-order valence-corrected chi connectivity index (χ2v) is 4.68. The number of carbonyl (C=O) groups is 1. The fourth-order valence-electron chi connectivity index (χ4n) is 1.92. The lowest BCUT2D eigenvalue weighted by Crippen LogP contribution is -2.33. The number of carboxylic acids is 1. The Morgan fingerprint density at radius 3 is 2.94 bits per heavy atom. The molecule has 17 heavy (non-hydrogen) atoms. The first-order valence-electron chi connectivity index (χ1n) is 6.07. The van der Waals surface area contributed by atoms with E-state index in [1.54, 1.807) is 6.20 Å². The molecule has 1 fully saturated rings. The number of aliphatic carboxylic acids is 1.